The van der Waals surface area contributed by atoms with Crippen molar-refractivity contribution < 1.29 is 23.8 Å². The van der Waals surface area contributed by atoms with Gasteiger partial charge in [-0.1, -0.05) is 0 Å². The number of rotatable bonds is 5. The second-order valence-electron chi connectivity index (χ2n) is 5.47. The predicted molar refractivity (Wildman–Crippen MR) is 92.3 cm³/mol. The van der Waals surface area contributed by atoms with Gasteiger partial charge in [0.05, 0.1) is 12.8 Å². The lowest BCUT2D eigenvalue weighted by Crippen LogP contribution is -2.34. The molecule has 1 heterocycles. The zero-order valence-corrected chi connectivity index (χ0v) is 13.9. The quantitative estimate of drug-likeness (QED) is 0.872. The number of benzene rings is 2. The Bertz CT molecular complexity index is 789. The number of carbonyl (C=O) groups excluding carboxylic acids is 2. The summed E-state index contributed by atoms with van der Waals surface area (Å²) in [5.74, 6) is 1.31. The molecule has 0 saturated heterocycles. The van der Waals surface area contributed by atoms with Crippen LogP contribution in [0.15, 0.2) is 42.5 Å². The maximum atomic E-state index is 12.0. The van der Waals surface area contributed by atoms with E-state index in [-0.39, 0.29) is 18.4 Å². The lowest BCUT2D eigenvalue weighted by Gasteiger charge is -2.23. The van der Waals surface area contributed by atoms with Crippen molar-refractivity contribution in [1.82, 2.24) is 0 Å². The Labute approximate surface area is 144 Å². The second kappa shape index (κ2) is 7.12. The van der Waals surface area contributed by atoms with E-state index >= 15 is 0 Å². The summed E-state index contributed by atoms with van der Waals surface area (Å²) in [6, 6.07) is 12.0. The highest BCUT2D eigenvalue weighted by Gasteiger charge is 2.23. The van der Waals surface area contributed by atoms with Crippen molar-refractivity contribution in [3.05, 3.63) is 42.5 Å². The molecular formula is C18H18N2O5. The predicted octanol–water partition coefficient (Wildman–Crippen LogP) is 2.43. The highest BCUT2D eigenvalue weighted by atomic mass is 16.5. The molecular weight excluding hydrogens is 324 g/mol. The van der Waals surface area contributed by atoms with Gasteiger partial charge in [-0.15, -0.1) is 0 Å². The van der Waals surface area contributed by atoms with E-state index < -0.39 is 6.10 Å². The molecule has 7 nitrogen and oxygen atoms in total. The third-order valence-electron chi connectivity index (χ3n) is 3.62. The minimum atomic E-state index is -0.536. The van der Waals surface area contributed by atoms with Crippen LogP contribution in [0, 0.1) is 0 Å². The number of nitrogens with one attached hydrogen (secondary N) is 2. The van der Waals surface area contributed by atoms with Gasteiger partial charge in [-0.3, -0.25) is 9.59 Å². The maximum Gasteiger partial charge on any atom is 0.265 e. The molecule has 0 spiro atoms. The average molecular weight is 342 g/mol. The molecule has 130 valence electrons. The van der Waals surface area contributed by atoms with E-state index in [0.717, 1.165) is 0 Å². The zero-order chi connectivity index (χ0) is 17.8. The van der Waals surface area contributed by atoms with Gasteiger partial charge in [0.15, 0.2) is 12.7 Å². The summed E-state index contributed by atoms with van der Waals surface area (Å²) < 4.78 is 15.9. The van der Waals surface area contributed by atoms with E-state index in [0.29, 0.717) is 28.6 Å². The smallest absolute Gasteiger partial charge is 0.265 e. The van der Waals surface area contributed by atoms with Crippen molar-refractivity contribution in [2.75, 3.05) is 24.4 Å². The molecule has 1 aliphatic rings. The van der Waals surface area contributed by atoms with Crippen molar-refractivity contribution in [2.45, 2.75) is 13.0 Å². The molecule has 0 aliphatic carbocycles. The summed E-state index contributed by atoms with van der Waals surface area (Å²) in [4.78, 5) is 23.7. The normalized spacial score (nSPS) is 15.4. The standard InChI is InChI=1S/C18H18N2O5/c1-11-18(22)20-15-9-12(3-8-16(15)25-11)19-17(21)10-24-14-6-4-13(23-2)5-7-14/h3-9,11H,10H2,1-2H3,(H,19,21)(H,20,22). The minimum Gasteiger partial charge on any atom is -0.497 e. The fourth-order valence-electron chi connectivity index (χ4n) is 2.30. The highest BCUT2D eigenvalue weighted by molar-refractivity contribution is 5.99. The van der Waals surface area contributed by atoms with Crippen molar-refractivity contribution in [3.63, 3.8) is 0 Å². The summed E-state index contributed by atoms with van der Waals surface area (Å²) in [5, 5.41) is 5.45. The fraction of sp³-hybridized carbons (Fsp3) is 0.222. The molecule has 0 fully saturated rings. The third kappa shape index (κ3) is 4.00. The average Bonchev–Trinajstić information content (AvgIpc) is 2.61. The van der Waals surface area contributed by atoms with Gasteiger partial charge in [0.1, 0.15) is 17.2 Å². The van der Waals surface area contributed by atoms with Gasteiger partial charge in [0, 0.05) is 5.69 Å². The van der Waals surface area contributed by atoms with Crippen LogP contribution in [-0.4, -0.2) is 31.6 Å². The Kier molecular flexibility index (Phi) is 4.74. The second-order valence-corrected chi connectivity index (χ2v) is 5.47. The summed E-state index contributed by atoms with van der Waals surface area (Å²) >= 11 is 0. The molecule has 3 rings (SSSR count). The molecule has 0 bridgehead atoms. The molecule has 2 aromatic carbocycles. The summed E-state index contributed by atoms with van der Waals surface area (Å²) in [7, 11) is 1.58. The molecule has 1 atom stereocenters. The summed E-state index contributed by atoms with van der Waals surface area (Å²) in [6.45, 7) is 1.54. The Morgan fingerprint density at radius 3 is 2.64 bits per heavy atom. The van der Waals surface area contributed by atoms with Crippen molar-refractivity contribution in [1.29, 1.82) is 0 Å². The molecule has 0 aromatic heterocycles. The number of anilines is 2. The van der Waals surface area contributed by atoms with Crippen LogP contribution in [0.5, 0.6) is 17.2 Å². The van der Waals surface area contributed by atoms with Crippen molar-refractivity contribution in [3.8, 4) is 17.2 Å². The third-order valence-corrected chi connectivity index (χ3v) is 3.62. The molecule has 2 aromatic rings. The molecule has 1 aliphatic heterocycles. The Hall–Kier alpha value is -3.22. The number of carbonyl (C=O) groups is 2. The number of fused-ring (bicyclic) bond motifs is 1. The van der Waals surface area contributed by atoms with Gasteiger partial charge in [0.25, 0.3) is 11.8 Å². The number of amides is 2. The first-order valence-corrected chi connectivity index (χ1v) is 7.73. The van der Waals surface area contributed by atoms with Gasteiger partial charge in [-0.2, -0.15) is 0 Å². The van der Waals surface area contributed by atoms with Gasteiger partial charge in [-0.05, 0) is 49.4 Å². The topological polar surface area (TPSA) is 85.9 Å². The summed E-state index contributed by atoms with van der Waals surface area (Å²) in [5.41, 5.74) is 1.07. The molecule has 0 saturated carbocycles. The lowest BCUT2D eigenvalue weighted by molar-refractivity contribution is -0.122. The molecule has 0 radical (unpaired) electrons. The Morgan fingerprint density at radius 2 is 1.92 bits per heavy atom. The largest absolute Gasteiger partial charge is 0.497 e. The SMILES string of the molecule is COc1ccc(OCC(=O)Nc2ccc3c(c2)NC(=O)C(C)O3)cc1. The van der Waals surface area contributed by atoms with Crippen LogP contribution in [0.25, 0.3) is 0 Å². The first-order chi connectivity index (χ1) is 12.0. The molecule has 2 N–H and O–H groups in total. The van der Waals surface area contributed by atoms with Crippen LogP contribution >= 0.6 is 0 Å². The Morgan fingerprint density at radius 1 is 1.20 bits per heavy atom. The van der Waals surface area contributed by atoms with Crippen molar-refractivity contribution in [2.24, 2.45) is 0 Å². The van der Waals surface area contributed by atoms with Crippen LogP contribution in [0.3, 0.4) is 0 Å². The highest BCUT2D eigenvalue weighted by Crippen LogP contribution is 2.32. The van der Waals surface area contributed by atoms with E-state index in [2.05, 4.69) is 10.6 Å². The van der Waals surface area contributed by atoms with E-state index in [1.807, 2.05) is 0 Å². The monoisotopic (exact) mass is 342 g/mol. The minimum absolute atomic E-state index is 0.136. The Balaban J connectivity index is 1.57. The van der Waals surface area contributed by atoms with Crippen LogP contribution in [-0.2, 0) is 9.59 Å². The molecule has 7 heteroatoms. The van der Waals surface area contributed by atoms with Crippen LogP contribution in [0.2, 0.25) is 0 Å². The molecule has 1 unspecified atom stereocenters. The number of ether oxygens (including phenoxy) is 3. The van der Waals surface area contributed by atoms with E-state index in [1.165, 1.54) is 0 Å². The van der Waals surface area contributed by atoms with Gasteiger partial charge >= 0.3 is 0 Å². The molecule has 2 amide bonds. The van der Waals surface area contributed by atoms with E-state index in [4.69, 9.17) is 14.2 Å². The van der Waals surface area contributed by atoms with Crippen LogP contribution in [0.4, 0.5) is 11.4 Å². The van der Waals surface area contributed by atoms with E-state index in [1.54, 1.807) is 56.5 Å². The van der Waals surface area contributed by atoms with Crippen LogP contribution < -0.4 is 24.8 Å². The lowest BCUT2D eigenvalue weighted by atomic mass is 10.2. The van der Waals surface area contributed by atoms with Gasteiger partial charge < -0.3 is 24.8 Å². The van der Waals surface area contributed by atoms with E-state index in [9.17, 15) is 9.59 Å². The van der Waals surface area contributed by atoms with Gasteiger partial charge in [-0.25, -0.2) is 0 Å². The number of hydrogen-bond acceptors (Lipinski definition) is 5. The van der Waals surface area contributed by atoms with Crippen LogP contribution in [0.1, 0.15) is 6.92 Å². The first kappa shape index (κ1) is 16.6. The maximum absolute atomic E-state index is 12.0. The fourth-order valence-corrected chi connectivity index (χ4v) is 2.30. The van der Waals surface area contributed by atoms with Gasteiger partial charge in [0.2, 0.25) is 0 Å². The van der Waals surface area contributed by atoms with Crippen molar-refractivity contribution >= 4 is 23.2 Å². The number of methoxy groups -OCH3 is 1. The summed E-state index contributed by atoms with van der Waals surface area (Å²) in [6.07, 6.45) is -0.536. The first-order valence-electron chi connectivity index (χ1n) is 7.73. The molecule has 25 heavy (non-hydrogen) atoms. The number of hydrogen-bond donors (Lipinski definition) is 2. The zero-order valence-electron chi connectivity index (χ0n) is 13.9.